The topological polar surface area (TPSA) is 237 Å². The molecule has 0 fully saturated rings. The van der Waals surface area contributed by atoms with Crippen LogP contribution < -0.4 is 0 Å². The third-order valence-corrected chi connectivity index (χ3v) is 18.1. The van der Waals surface area contributed by atoms with E-state index >= 15 is 0 Å². The van der Waals surface area contributed by atoms with E-state index in [1.54, 1.807) is 0 Å². The molecule has 0 aromatic rings. The number of aliphatic hydroxyl groups is 1. The quantitative estimate of drug-likeness (QED) is 0.0222. The highest BCUT2D eigenvalue weighted by Gasteiger charge is 2.30. The summed E-state index contributed by atoms with van der Waals surface area (Å²) in [5, 5.41) is 10.6. The van der Waals surface area contributed by atoms with Crippen molar-refractivity contribution in [3.8, 4) is 0 Å². The van der Waals surface area contributed by atoms with E-state index < -0.39 is 97.5 Å². The minimum absolute atomic E-state index is 0.101. The predicted octanol–water partition coefficient (Wildman–Crippen LogP) is 19.3. The molecular formula is C69H134O17P2. The lowest BCUT2D eigenvalue weighted by atomic mass is 10.00. The summed E-state index contributed by atoms with van der Waals surface area (Å²) in [5.74, 6) is 0.803. The molecular weight excluding hydrogens is 1160 g/mol. The molecule has 0 aromatic heterocycles. The molecule has 3 N–H and O–H groups in total. The van der Waals surface area contributed by atoms with Crippen molar-refractivity contribution in [1.82, 2.24) is 0 Å². The van der Waals surface area contributed by atoms with Crippen LogP contribution in [0.2, 0.25) is 0 Å². The van der Waals surface area contributed by atoms with Crippen molar-refractivity contribution in [3.63, 3.8) is 0 Å². The summed E-state index contributed by atoms with van der Waals surface area (Å²) in [4.78, 5) is 72.4. The molecule has 0 aromatic carbocycles. The summed E-state index contributed by atoms with van der Waals surface area (Å²) >= 11 is 0. The van der Waals surface area contributed by atoms with Gasteiger partial charge in [0.05, 0.1) is 26.4 Å². The Labute approximate surface area is 537 Å². The largest absolute Gasteiger partial charge is 0.472 e. The Kier molecular flexibility index (Phi) is 57.6. The molecule has 0 radical (unpaired) electrons. The third kappa shape index (κ3) is 61.6. The smallest absolute Gasteiger partial charge is 0.462 e. The van der Waals surface area contributed by atoms with Gasteiger partial charge in [0, 0.05) is 25.7 Å². The molecule has 0 aliphatic heterocycles. The molecule has 0 aliphatic carbocycles. The molecule has 0 saturated heterocycles. The fraction of sp³-hybridized carbons (Fsp3) is 0.942. The second-order valence-corrected chi connectivity index (χ2v) is 29.5. The van der Waals surface area contributed by atoms with Crippen LogP contribution in [0.3, 0.4) is 0 Å². The Hall–Kier alpha value is -1.94. The Morgan fingerprint density at radius 3 is 0.807 bits per heavy atom. The van der Waals surface area contributed by atoms with E-state index in [0.29, 0.717) is 31.6 Å². The first-order chi connectivity index (χ1) is 42.1. The summed E-state index contributed by atoms with van der Waals surface area (Å²) in [6.07, 6.45) is 40.5. The average molecular weight is 1300 g/mol. The molecule has 0 heterocycles. The maximum absolute atomic E-state index is 13.0. The van der Waals surface area contributed by atoms with Gasteiger partial charge in [0.25, 0.3) is 0 Å². The summed E-state index contributed by atoms with van der Waals surface area (Å²) in [5.41, 5.74) is 0. The molecule has 0 rings (SSSR count). The molecule has 6 atom stereocenters. The van der Waals surface area contributed by atoms with Gasteiger partial charge < -0.3 is 33.8 Å². The summed E-state index contributed by atoms with van der Waals surface area (Å²) in [6, 6.07) is 0. The van der Waals surface area contributed by atoms with Crippen LogP contribution in [0.4, 0.5) is 0 Å². The van der Waals surface area contributed by atoms with Crippen molar-refractivity contribution in [3.05, 3.63) is 0 Å². The molecule has 0 spiro atoms. The normalized spacial score (nSPS) is 14.6. The number of esters is 4. The molecule has 522 valence electrons. The minimum Gasteiger partial charge on any atom is -0.462 e. The van der Waals surface area contributed by atoms with Gasteiger partial charge in [-0.15, -0.1) is 0 Å². The highest BCUT2D eigenvalue weighted by atomic mass is 31.2. The van der Waals surface area contributed by atoms with E-state index in [2.05, 4.69) is 55.4 Å². The standard InChI is InChI=1S/C69H134O17P2/c1-9-62(8)48-40-32-26-28-36-44-52-69(74)86-65(56-80-67(72)50-42-34-27-25-31-39-47-61(6)7)58-84-88(77,78)82-54-63(70)53-81-87(75,76)83-57-64(55-79-66(71)49-41-33-23-20-16-18-22-30-38-46-60(4)5)85-68(73)51-43-35-24-19-15-13-11-10-12-14-17-21-29-37-45-59(2)3/h59-65,70H,9-58H2,1-8H3,(H,75,76)(H,77,78)/t62?,63-,64-,65-/m1/s1. The Morgan fingerprint density at radius 1 is 0.318 bits per heavy atom. The van der Waals surface area contributed by atoms with Crippen LogP contribution in [-0.4, -0.2) is 96.7 Å². The van der Waals surface area contributed by atoms with Crippen molar-refractivity contribution < 1.29 is 80.2 Å². The molecule has 0 aliphatic rings. The lowest BCUT2D eigenvalue weighted by molar-refractivity contribution is -0.161. The molecule has 17 nitrogen and oxygen atoms in total. The number of aliphatic hydroxyl groups excluding tert-OH is 1. The molecule has 19 heteroatoms. The van der Waals surface area contributed by atoms with Gasteiger partial charge in [0.15, 0.2) is 12.2 Å². The van der Waals surface area contributed by atoms with Crippen LogP contribution in [0.1, 0.15) is 338 Å². The van der Waals surface area contributed by atoms with Gasteiger partial charge in [-0.3, -0.25) is 37.3 Å². The van der Waals surface area contributed by atoms with E-state index in [-0.39, 0.29) is 25.7 Å². The van der Waals surface area contributed by atoms with Crippen LogP contribution in [0.25, 0.3) is 0 Å². The van der Waals surface area contributed by atoms with Crippen molar-refractivity contribution in [2.24, 2.45) is 23.7 Å². The maximum Gasteiger partial charge on any atom is 0.472 e. The van der Waals surface area contributed by atoms with Gasteiger partial charge >= 0.3 is 39.5 Å². The zero-order valence-electron chi connectivity index (χ0n) is 57.3. The molecule has 88 heavy (non-hydrogen) atoms. The predicted molar refractivity (Wildman–Crippen MR) is 354 cm³/mol. The first-order valence-electron chi connectivity index (χ1n) is 35.7. The van der Waals surface area contributed by atoms with Crippen LogP contribution in [0.5, 0.6) is 0 Å². The van der Waals surface area contributed by atoms with E-state index in [1.807, 2.05) is 0 Å². The Bertz CT molecular complexity index is 1750. The van der Waals surface area contributed by atoms with E-state index in [4.69, 9.17) is 37.0 Å². The monoisotopic (exact) mass is 1300 g/mol. The van der Waals surface area contributed by atoms with E-state index in [9.17, 15) is 43.2 Å². The van der Waals surface area contributed by atoms with Crippen LogP contribution in [-0.2, 0) is 65.4 Å². The van der Waals surface area contributed by atoms with Gasteiger partial charge in [-0.25, -0.2) is 9.13 Å². The Balaban J connectivity index is 5.23. The van der Waals surface area contributed by atoms with Gasteiger partial charge in [0.2, 0.25) is 0 Å². The average Bonchev–Trinajstić information content (AvgIpc) is 3.57. The number of phosphoric acid groups is 2. The zero-order valence-corrected chi connectivity index (χ0v) is 59.1. The van der Waals surface area contributed by atoms with Crippen molar-refractivity contribution in [2.45, 2.75) is 356 Å². The Morgan fingerprint density at radius 2 is 0.545 bits per heavy atom. The SMILES string of the molecule is CCC(C)CCCCCCCCC(=O)O[C@H](COC(=O)CCCCCCCCC(C)C)COP(=O)(O)OC[C@H](O)COP(=O)(O)OC[C@@H](COC(=O)CCCCCCCCCCCC(C)C)OC(=O)CCCCCCCCCCCCCCCCC(C)C. The summed E-state index contributed by atoms with van der Waals surface area (Å²) < 4.78 is 68.2. The third-order valence-electron chi connectivity index (χ3n) is 16.2. The fourth-order valence-electron chi connectivity index (χ4n) is 10.3. The minimum atomic E-state index is -4.95. The number of rotatable bonds is 66. The summed E-state index contributed by atoms with van der Waals surface area (Å²) in [7, 11) is -9.90. The van der Waals surface area contributed by atoms with E-state index in [1.165, 1.54) is 135 Å². The van der Waals surface area contributed by atoms with Gasteiger partial charge in [0.1, 0.15) is 19.3 Å². The van der Waals surface area contributed by atoms with Gasteiger partial charge in [-0.05, 0) is 49.4 Å². The highest BCUT2D eigenvalue weighted by molar-refractivity contribution is 7.47. The van der Waals surface area contributed by atoms with Crippen molar-refractivity contribution in [1.29, 1.82) is 0 Å². The number of hydrogen-bond donors (Lipinski definition) is 3. The van der Waals surface area contributed by atoms with Gasteiger partial charge in [-0.1, -0.05) is 287 Å². The number of ether oxygens (including phenoxy) is 4. The van der Waals surface area contributed by atoms with Crippen molar-refractivity contribution in [2.75, 3.05) is 39.6 Å². The number of carbonyl (C=O) groups excluding carboxylic acids is 4. The highest BCUT2D eigenvalue weighted by Crippen LogP contribution is 2.45. The van der Waals surface area contributed by atoms with Crippen molar-refractivity contribution >= 4 is 39.5 Å². The lowest BCUT2D eigenvalue weighted by Gasteiger charge is -2.21. The zero-order chi connectivity index (χ0) is 65.4. The first kappa shape index (κ1) is 86.1. The number of hydrogen-bond acceptors (Lipinski definition) is 15. The maximum atomic E-state index is 13.0. The number of phosphoric ester groups is 2. The molecule has 0 bridgehead atoms. The van der Waals surface area contributed by atoms with Gasteiger partial charge in [-0.2, -0.15) is 0 Å². The second-order valence-electron chi connectivity index (χ2n) is 26.6. The summed E-state index contributed by atoms with van der Waals surface area (Å²) in [6.45, 7) is 14.0. The molecule has 0 amide bonds. The lowest BCUT2D eigenvalue weighted by Crippen LogP contribution is -2.30. The number of unbranched alkanes of at least 4 members (excludes halogenated alkanes) is 31. The number of carbonyl (C=O) groups is 4. The second kappa shape index (κ2) is 58.8. The van der Waals surface area contributed by atoms with Crippen LogP contribution in [0.15, 0.2) is 0 Å². The molecule has 3 unspecified atom stereocenters. The van der Waals surface area contributed by atoms with Crippen LogP contribution >= 0.6 is 15.6 Å². The van der Waals surface area contributed by atoms with Crippen LogP contribution in [0, 0.1) is 23.7 Å². The van der Waals surface area contributed by atoms with E-state index in [0.717, 1.165) is 114 Å². The molecule has 0 saturated carbocycles. The fourth-order valence-corrected chi connectivity index (χ4v) is 11.9. The first-order valence-corrected chi connectivity index (χ1v) is 38.7.